The van der Waals surface area contributed by atoms with E-state index in [1.165, 1.54) is 16.7 Å². The van der Waals surface area contributed by atoms with Crippen molar-refractivity contribution in [2.75, 3.05) is 24.5 Å². The number of anilines is 1. The van der Waals surface area contributed by atoms with Crippen LogP contribution >= 0.6 is 11.6 Å². The Kier molecular flexibility index (Phi) is 7.66. The number of carbonyl (C=O) groups is 1. The maximum absolute atomic E-state index is 15.1. The number of halogens is 2. The fourth-order valence-electron chi connectivity index (χ4n) is 5.42. The highest BCUT2D eigenvalue weighted by Gasteiger charge is 2.30. The minimum Gasteiger partial charge on any atom is -0.350 e. The van der Waals surface area contributed by atoms with E-state index >= 15 is 4.39 Å². The van der Waals surface area contributed by atoms with E-state index in [2.05, 4.69) is 16.5 Å². The molecule has 1 atom stereocenters. The lowest BCUT2D eigenvalue weighted by molar-refractivity contribution is -0.126. The van der Waals surface area contributed by atoms with Crippen molar-refractivity contribution in [2.24, 2.45) is 0 Å². The van der Waals surface area contributed by atoms with E-state index in [4.69, 9.17) is 16.6 Å². The van der Waals surface area contributed by atoms with Crippen LogP contribution in [0.1, 0.15) is 43.5 Å². The number of nitrogens with zero attached hydrogens (tertiary/aromatic N) is 6. The van der Waals surface area contributed by atoms with Crippen molar-refractivity contribution in [3.63, 3.8) is 0 Å². The van der Waals surface area contributed by atoms with Crippen LogP contribution in [0.4, 0.5) is 10.2 Å². The Morgan fingerprint density at radius 1 is 1.17 bits per heavy atom. The quantitative estimate of drug-likeness (QED) is 0.289. The summed E-state index contributed by atoms with van der Waals surface area (Å²) in [6.45, 7) is 14.7. The van der Waals surface area contributed by atoms with Crippen LogP contribution in [0, 0.1) is 19.7 Å². The summed E-state index contributed by atoms with van der Waals surface area (Å²) in [5.41, 5.74) is 3.22. The van der Waals surface area contributed by atoms with Crippen molar-refractivity contribution >= 4 is 34.4 Å². The third-order valence-electron chi connectivity index (χ3n) is 7.49. The third-order valence-corrected chi connectivity index (χ3v) is 7.78. The van der Waals surface area contributed by atoms with E-state index in [9.17, 15) is 9.59 Å². The first-order chi connectivity index (χ1) is 19.5. The van der Waals surface area contributed by atoms with Gasteiger partial charge in [-0.2, -0.15) is 4.98 Å². The van der Waals surface area contributed by atoms with E-state index in [1.807, 2.05) is 45.6 Å². The number of amides is 1. The highest BCUT2D eigenvalue weighted by molar-refractivity contribution is 6.33. The van der Waals surface area contributed by atoms with Gasteiger partial charge in [-0.05, 0) is 62.6 Å². The molecule has 0 bridgehead atoms. The van der Waals surface area contributed by atoms with Gasteiger partial charge < -0.3 is 9.80 Å². The number of fused-ring (bicyclic) bond motifs is 1. The molecule has 4 heterocycles. The second kappa shape index (κ2) is 11.0. The minimum atomic E-state index is -0.534. The lowest BCUT2D eigenvalue weighted by Gasteiger charge is -2.40. The monoisotopic (exact) mass is 574 g/mol. The Morgan fingerprint density at radius 2 is 1.93 bits per heavy atom. The summed E-state index contributed by atoms with van der Waals surface area (Å²) in [4.78, 5) is 44.0. The zero-order valence-corrected chi connectivity index (χ0v) is 24.5. The zero-order chi connectivity index (χ0) is 29.6. The van der Waals surface area contributed by atoms with E-state index in [0.29, 0.717) is 47.9 Å². The van der Waals surface area contributed by atoms with Crippen LogP contribution in [0.25, 0.3) is 28.0 Å². The fraction of sp³-hybridized carbons (Fsp3) is 0.323. The molecule has 5 rings (SSSR count). The molecule has 1 aliphatic heterocycles. The molecular weight excluding hydrogens is 543 g/mol. The first-order valence-corrected chi connectivity index (χ1v) is 13.9. The average Bonchev–Trinajstić information content (AvgIpc) is 2.94. The maximum Gasteiger partial charge on any atom is 0.355 e. The topological polar surface area (TPSA) is 84.2 Å². The van der Waals surface area contributed by atoms with Crippen LogP contribution in [0.5, 0.6) is 0 Å². The van der Waals surface area contributed by atoms with Crippen molar-refractivity contribution in [3.8, 4) is 16.9 Å². The first kappa shape index (κ1) is 28.4. The van der Waals surface area contributed by atoms with Crippen molar-refractivity contribution < 1.29 is 9.18 Å². The minimum absolute atomic E-state index is 0.00279. The first-order valence-electron chi connectivity index (χ1n) is 13.6. The molecule has 1 fully saturated rings. The van der Waals surface area contributed by atoms with Crippen molar-refractivity contribution in [3.05, 3.63) is 87.3 Å². The van der Waals surface area contributed by atoms with Crippen LogP contribution in [-0.4, -0.2) is 56.0 Å². The van der Waals surface area contributed by atoms with Gasteiger partial charge in [0.15, 0.2) is 5.65 Å². The molecule has 1 aromatic carbocycles. The summed E-state index contributed by atoms with van der Waals surface area (Å²) < 4.78 is 16.6. The highest BCUT2D eigenvalue weighted by Crippen LogP contribution is 2.36. The number of rotatable bonds is 5. The molecule has 0 N–H and O–H groups in total. The van der Waals surface area contributed by atoms with Gasteiger partial charge in [0.05, 0.1) is 27.5 Å². The van der Waals surface area contributed by atoms with Gasteiger partial charge in [-0.1, -0.05) is 43.7 Å². The lowest BCUT2D eigenvalue weighted by atomic mass is 10.0. The van der Waals surface area contributed by atoms with Crippen LogP contribution in [-0.2, 0) is 4.79 Å². The Balaban J connectivity index is 1.82. The number of aromatic nitrogens is 4. The second-order valence-electron chi connectivity index (χ2n) is 10.8. The van der Waals surface area contributed by atoms with Crippen LogP contribution in [0.2, 0.25) is 5.02 Å². The molecule has 1 aliphatic rings. The summed E-state index contributed by atoms with van der Waals surface area (Å²) in [6, 6.07) is 8.13. The largest absolute Gasteiger partial charge is 0.355 e. The number of hydrogen-bond acceptors (Lipinski definition) is 6. The molecule has 1 saturated heterocycles. The SMILES string of the molecule is C=CC(=O)N1CCN(c2nc(=O)n(-c3c(C)ccnc3C(C)C)c3nc(-c4cc(C)ccc4F)c(Cl)cc23)[C@@H](C)C1. The fourth-order valence-corrected chi connectivity index (χ4v) is 5.68. The predicted octanol–water partition coefficient (Wildman–Crippen LogP) is 5.60. The lowest BCUT2D eigenvalue weighted by Crippen LogP contribution is -2.54. The van der Waals surface area contributed by atoms with Crippen LogP contribution in [0.15, 0.2) is 54.0 Å². The Labute approximate surface area is 243 Å². The molecule has 0 radical (unpaired) electrons. The van der Waals surface area contributed by atoms with E-state index in [0.717, 1.165) is 11.1 Å². The van der Waals surface area contributed by atoms with Gasteiger partial charge in [0.1, 0.15) is 11.6 Å². The van der Waals surface area contributed by atoms with Gasteiger partial charge in [0.2, 0.25) is 5.91 Å². The summed E-state index contributed by atoms with van der Waals surface area (Å²) in [5, 5.41) is 0.773. The average molecular weight is 575 g/mol. The number of pyridine rings is 2. The Hall–Kier alpha value is -4.11. The van der Waals surface area contributed by atoms with Gasteiger partial charge in [-0.3, -0.25) is 9.78 Å². The van der Waals surface area contributed by atoms with Gasteiger partial charge in [-0.25, -0.2) is 18.7 Å². The number of piperazine rings is 1. The van der Waals surface area contributed by atoms with Crippen molar-refractivity contribution in [1.29, 1.82) is 0 Å². The molecule has 212 valence electrons. The summed E-state index contributed by atoms with van der Waals surface area (Å²) in [5.74, 6) is -0.196. The predicted molar refractivity (Wildman–Crippen MR) is 160 cm³/mol. The Bertz CT molecular complexity index is 1750. The smallest absolute Gasteiger partial charge is 0.350 e. The molecule has 4 aromatic rings. The highest BCUT2D eigenvalue weighted by atomic mass is 35.5. The van der Waals surface area contributed by atoms with Gasteiger partial charge >= 0.3 is 5.69 Å². The van der Waals surface area contributed by atoms with Gasteiger partial charge in [0, 0.05) is 37.4 Å². The maximum atomic E-state index is 15.1. The van der Waals surface area contributed by atoms with E-state index in [-0.39, 0.29) is 34.1 Å². The van der Waals surface area contributed by atoms with Crippen molar-refractivity contribution in [2.45, 2.75) is 46.6 Å². The van der Waals surface area contributed by atoms with Crippen LogP contribution < -0.4 is 10.6 Å². The number of benzene rings is 1. The Morgan fingerprint density at radius 3 is 2.61 bits per heavy atom. The molecule has 0 unspecified atom stereocenters. The molecule has 0 aliphatic carbocycles. The number of carbonyl (C=O) groups excluding carboxylic acids is 1. The summed E-state index contributed by atoms with van der Waals surface area (Å²) in [6.07, 6.45) is 3.02. The molecule has 10 heteroatoms. The molecule has 0 saturated carbocycles. The van der Waals surface area contributed by atoms with Gasteiger partial charge in [0.25, 0.3) is 0 Å². The summed E-state index contributed by atoms with van der Waals surface area (Å²) >= 11 is 6.80. The number of hydrogen-bond donors (Lipinski definition) is 0. The molecule has 3 aromatic heterocycles. The normalized spacial score (nSPS) is 15.6. The molecule has 41 heavy (non-hydrogen) atoms. The molecule has 8 nitrogen and oxygen atoms in total. The van der Waals surface area contributed by atoms with Crippen molar-refractivity contribution in [1.82, 2.24) is 24.4 Å². The van der Waals surface area contributed by atoms with Gasteiger partial charge in [-0.15, -0.1) is 0 Å². The standard InChI is InChI=1S/C31H32ClFN6O2/c1-7-25(40)37-12-13-38(20(6)16-37)29-22-15-23(32)27(21-14-18(4)8-9-24(21)33)35-30(22)39(31(41)36-29)28-19(5)10-11-34-26(28)17(2)3/h7-11,14-15,17,20H,1,12-13,16H2,2-6H3/t20-/m0/s1. The zero-order valence-electron chi connectivity index (χ0n) is 23.8. The van der Waals surface area contributed by atoms with Crippen LogP contribution in [0.3, 0.4) is 0 Å². The molecule has 0 spiro atoms. The number of aryl methyl sites for hydroxylation is 2. The van der Waals surface area contributed by atoms with E-state index in [1.54, 1.807) is 29.3 Å². The summed E-state index contributed by atoms with van der Waals surface area (Å²) in [7, 11) is 0. The second-order valence-corrected chi connectivity index (χ2v) is 11.2. The van der Waals surface area contributed by atoms with E-state index < -0.39 is 11.5 Å². The molecule has 1 amide bonds. The third kappa shape index (κ3) is 5.10. The molecular formula is C31H32ClFN6O2.